The van der Waals surface area contributed by atoms with Gasteiger partial charge in [0.15, 0.2) is 6.29 Å². The van der Waals surface area contributed by atoms with Crippen LogP contribution in [0.5, 0.6) is 0 Å². The maximum atomic E-state index is 11.1. The van der Waals surface area contributed by atoms with Crippen molar-refractivity contribution in [3.8, 4) is 0 Å². The van der Waals surface area contributed by atoms with Crippen molar-refractivity contribution >= 4 is 6.21 Å². The monoisotopic (exact) mass is 493 g/mol. The summed E-state index contributed by atoms with van der Waals surface area (Å²) in [4.78, 5) is 4.76. The molecule has 2 aromatic rings. The van der Waals surface area contributed by atoms with Gasteiger partial charge < -0.3 is 14.6 Å². The summed E-state index contributed by atoms with van der Waals surface area (Å²) in [6.07, 6.45) is 17.0. The van der Waals surface area contributed by atoms with Crippen molar-refractivity contribution in [3.05, 3.63) is 71.8 Å². The number of rotatable bonds is 17. The summed E-state index contributed by atoms with van der Waals surface area (Å²) in [6.45, 7) is 2.71. The molecule has 1 heterocycles. The average molecular weight is 494 g/mol. The molecule has 0 spiro atoms. The van der Waals surface area contributed by atoms with Crippen molar-refractivity contribution in [2.45, 2.75) is 115 Å². The van der Waals surface area contributed by atoms with Crippen LogP contribution in [-0.2, 0) is 9.47 Å². The molecule has 4 atom stereocenters. The first-order valence-electron chi connectivity index (χ1n) is 14.4. The van der Waals surface area contributed by atoms with Gasteiger partial charge in [-0.05, 0) is 12.0 Å². The Balaban J connectivity index is 1.41. The summed E-state index contributed by atoms with van der Waals surface area (Å²) in [5, 5.41) is 11.1. The molecule has 1 N–H and O–H groups in total. The van der Waals surface area contributed by atoms with Gasteiger partial charge in [-0.15, -0.1) is 0 Å². The zero-order valence-electron chi connectivity index (χ0n) is 22.3. The van der Waals surface area contributed by atoms with Crippen LogP contribution in [-0.4, -0.2) is 36.2 Å². The molecule has 1 fully saturated rings. The number of aliphatic hydroxyl groups excluding tert-OH is 1. The molecule has 0 aromatic heterocycles. The van der Waals surface area contributed by atoms with Crippen molar-refractivity contribution in [2.24, 2.45) is 4.99 Å². The van der Waals surface area contributed by atoms with Crippen molar-refractivity contribution in [3.63, 3.8) is 0 Å². The molecule has 0 radical (unpaired) electrons. The minimum Gasteiger partial charge on any atom is -0.390 e. The summed E-state index contributed by atoms with van der Waals surface area (Å²) < 4.78 is 12.3. The first-order valence-corrected chi connectivity index (χ1v) is 14.4. The first-order chi connectivity index (χ1) is 17.8. The van der Waals surface area contributed by atoms with E-state index < -0.39 is 12.4 Å². The molecular formula is C32H47NO3. The molecule has 0 saturated carbocycles. The maximum absolute atomic E-state index is 11.1. The average Bonchev–Trinajstić information content (AvgIpc) is 2.93. The predicted octanol–water partition coefficient (Wildman–Crippen LogP) is 8.04. The smallest absolute Gasteiger partial charge is 0.184 e. The Hall–Kier alpha value is -2.01. The number of nitrogens with zero attached hydrogens (tertiary/aromatic N) is 1. The van der Waals surface area contributed by atoms with Gasteiger partial charge in [0, 0.05) is 11.8 Å². The molecule has 1 saturated heterocycles. The minimum atomic E-state index is -0.554. The lowest BCUT2D eigenvalue weighted by molar-refractivity contribution is -0.245. The van der Waals surface area contributed by atoms with E-state index in [9.17, 15) is 5.11 Å². The molecule has 4 heteroatoms. The number of hydrogen-bond acceptors (Lipinski definition) is 4. The van der Waals surface area contributed by atoms with Gasteiger partial charge in [0.2, 0.25) is 0 Å². The Labute approximate surface area is 219 Å². The number of aliphatic imine (C=N–C) groups is 1. The van der Waals surface area contributed by atoms with Gasteiger partial charge >= 0.3 is 0 Å². The van der Waals surface area contributed by atoms with E-state index in [4.69, 9.17) is 14.5 Å². The van der Waals surface area contributed by atoms with E-state index in [1.54, 1.807) is 0 Å². The summed E-state index contributed by atoms with van der Waals surface area (Å²) in [5.74, 6) is 0. The predicted molar refractivity (Wildman–Crippen MR) is 150 cm³/mol. The zero-order valence-corrected chi connectivity index (χ0v) is 22.3. The summed E-state index contributed by atoms with van der Waals surface area (Å²) in [6, 6.07) is 19.8. The third kappa shape index (κ3) is 10.5. The van der Waals surface area contributed by atoms with E-state index in [-0.39, 0.29) is 12.1 Å². The number of benzene rings is 2. The Bertz CT molecular complexity index is 826. The summed E-state index contributed by atoms with van der Waals surface area (Å²) in [7, 11) is 0. The van der Waals surface area contributed by atoms with E-state index in [0.29, 0.717) is 6.61 Å². The highest BCUT2D eigenvalue weighted by Crippen LogP contribution is 2.30. The van der Waals surface area contributed by atoms with Crippen molar-refractivity contribution < 1.29 is 14.6 Å². The molecule has 2 aromatic carbocycles. The van der Waals surface area contributed by atoms with Crippen LogP contribution in [0.3, 0.4) is 0 Å². The molecule has 1 aliphatic heterocycles. The summed E-state index contributed by atoms with van der Waals surface area (Å²) in [5.41, 5.74) is 2.02. The van der Waals surface area contributed by atoms with Crippen LogP contribution in [0.1, 0.15) is 108 Å². The highest BCUT2D eigenvalue weighted by molar-refractivity contribution is 5.79. The number of hydrogen-bond donors (Lipinski definition) is 1. The van der Waals surface area contributed by atoms with Crippen molar-refractivity contribution in [1.82, 2.24) is 0 Å². The van der Waals surface area contributed by atoms with Crippen LogP contribution >= 0.6 is 0 Å². The van der Waals surface area contributed by atoms with Gasteiger partial charge in [0.1, 0.15) is 12.1 Å². The Morgan fingerprint density at radius 1 is 0.806 bits per heavy atom. The number of unbranched alkanes of at least 4 members (excludes halogenated alkanes) is 11. The van der Waals surface area contributed by atoms with Gasteiger partial charge in [0.05, 0.1) is 12.7 Å². The quantitative estimate of drug-likeness (QED) is 0.179. The molecule has 1 aliphatic rings. The van der Waals surface area contributed by atoms with E-state index in [2.05, 4.69) is 6.92 Å². The normalized spacial score (nSPS) is 21.1. The topological polar surface area (TPSA) is 51.0 Å². The lowest BCUT2D eigenvalue weighted by atomic mass is 9.98. The largest absolute Gasteiger partial charge is 0.390 e. The molecular weight excluding hydrogens is 446 g/mol. The van der Waals surface area contributed by atoms with Gasteiger partial charge in [-0.1, -0.05) is 145 Å². The molecule has 2 unspecified atom stereocenters. The Morgan fingerprint density at radius 3 is 1.97 bits per heavy atom. The van der Waals surface area contributed by atoms with Gasteiger partial charge in [0.25, 0.3) is 0 Å². The lowest BCUT2D eigenvalue weighted by Gasteiger charge is -2.37. The van der Waals surface area contributed by atoms with Crippen LogP contribution in [0.2, 0.25) is 0 Å². The van der Waals surface area contributed by atoms with E-state index in [1.807, 2.05) is 66.9 Å². The van der Waals surface area contributed by atoms with Crippen LogP contribution in [0.4, 0.5) is 0 Å². The minimum absolute atomic E-state index is 0.225. The highest BCUT2D eigenvalue weighted by Gasteiger charge is 2.36. The Kier molecular flexibility index (Phi) is 13.8. The van der Waals surface area contributed by atoms with Crippen LogP contribution < -0.4 is 0 Å². The standard InChI is InChI=1S/C32H47NO3/c1-2-3-4-5-6-7-8-9-10-11-12-19-24-30(34)31-29(33-25-27-20-15-13-16-21-27)26-35-32(36-31)28-22-17-14-18-23-28/h13-18,20-23,25,29-32,34H,2-12,19,24,26H2,1H3/t29-,30?,31-,32?/m0/s1. The van der Waals surface area contributed by atoms with Gasteiger partial charge in [-0.3, -0.25) is 4.99 Å². The highest BCUT2D eigenvalue weighted by atomic mass is 16.7. The second-order valence-corrected chi connectivity index (χ2v) is 10.2. The lowest BCUT2D eigenvalue weighted by Crippen LogP contribution is -2.46. The fourth-order valence-corrected chi connectivity index (χ4v) is 4.89. The molecule has 36 heavy (non-hydrogen) atoms. The fourth-order valence-electron chi connectivity index (χ4n) is 4.89. The third-order valence-corrected chi connectivity index (χ3v) is 7.10. The second kappa shape index (κ2) is 17.4. The zero-order chi connectivity index (χ0) is 25.3. The number of aliphatic hydroxyl groups is 1. The second-order valence-electron chi connectivity index (χ2n) is 10.2. The molecule has 0 amide bonds. The maximum Gasteiger partial charge on any atom is 0.184 e. The fraction of sp³-hybridized carbons (Fsp3) is 0.594. The van der Waals surface area contributed by atoms with Gasteiger partial charge in [-0.2, -0.15) is 0 Å². The molecule has 198 valence electrons. The molecule has 3 rings (SSSR count). The molecule has 0 bridgehead atoms. The summed E-state index contributed by atoms with van der Waals surface area (Å²) >= 11 is 0. The van der Waals surface area contributed by atoms with E-state index in [0.717, 1.165) is 30.4 Å². The van der Waals surface area contributed by atoms with Crippen molar-refractivity contribution in [1.29, 1.82) is 0 Å². The van der Waals surface area contributed by atoms with Gasteiger partial charge in [-0.25, -0.2) is 0 Å². The first kappa shape index (κ1) is 28.6. The number of ether oxygens (including phenoxy) is 2. The SMILES string of the molecule is CCCCCCCCCCCCCCC(O)[C@H]1OC(c2ccccc2)OC[C@@H]1N=Cc1ccccc1. The van der Waals surface area contributed by atoms with Crippen LogP contribution in [0.25, 0.3) is 0 Å². The molecule has 0 aliphatic carbocycles. The van der Waals surface area contributed by atoms with Crippen LogP contribution in [0, 0.1) is 0 Å². The molecule has 4 nitrogen and oxygen atoms in total. The Morgan fingerprint density at radius 2 is 1.36 bits per heavy atom. The van der Waals surface area contributed by atoms with Crippen LogP contribution in [0.15, 0.2) is 65.7 Å². The van der Waals surface area contributed by atoms with Crippen molar-refractivity contribution in [2.75, 3.05) is 6.61 Å². The third-order valence-electron chi connectivity index (χ3n) is 7.10. The van der Waals surface area contributed by atoms with E-state index >= 15 is 0 Å². The van der Waals surface area contributed by atoms with E-state index in [1.165, 1.54) is 64.2 Å².